The molecule has 6 nitrogen and oxygen atoms in total. The Balaban J connectivity index is 2.17. The monoisotopic (exact) mass is 265 g/mol. The number of carboxylic acid groups (broad SMARTS) is 1. The molecule has 0 spiro atoms. The van der Waals surface area contributed by atoms with E-state index in [1.807, 2.05) is 0 Å². The quantitative estimate of drug-likeness (QED) is 0.859. The molecular weight excluding hydrogens is 250 g/mol. The van der Waals surface area contributed by atoms with Crippen LogP contribution in [0, 0.1) is 0 Å². The van der Waals surface area contributed by atoms with Crippen LogP contribution in [-0.2, 0) is 19.1 Å². The average Bonchev–Trinajstić information content (AvgIpc) is 2.46. The van der Waals surface area contributed by atoms with Crippen LogP contribution in [0.3, 0.4) is 0 Å². The molecule has 1 aromatic rings. The number of anilines is 1. The smallest absolute Gasteiger partial charge is 0.323 e. The van der Waals surface area contributed by atoms with Crippen molar-refractivity contribution in [3.63, 3.8) is 0 Å². The average molecular weight is 265 g/mol. The molecule has 1 aromatic carbocycles. The first-order chi connectivity index (χ1) is 9.18. The molecule has 102 valence electrons. The third kappa shape index (κ3) is 3.52. The lowest BCUT2D eigenvalue weighted by atomic mass is 10.2. The molecule has 1 fully saturated rings. The summed E-state index contributed by atoms with van der Waals surface area (Å²) in [5.74, 6) is -1.47. The number of carboxylic acids is 1. The molecule has 1 atom stereocenters. The topological polar surface area (TPSA) is 76.1 Å². The largest absolute Gasteiger partial charge is 0.480 e. The van der Waals surface area contributed by atoms with Crippen molar-refractivity contribution in [2.75, 3.05) is 31.3 Å². The van der Waals surface area contributed by atoms with Gasteiger partial charge in [-0.3, -0.25) is 14.5 Å². The van der Waals surface area contributed by atoms with Crippen LogP contribution in [-0.4, -0.2) is 49.5 Å². The van der Waals surface area contributed by atoms with Gasteiger partial charge >= 0.3 is 5.97 Å². The first-order valence-electron chi connectivity index (χ1n) is 5.96. The van der Waals surface area contributed by atoms with Crippen LogP contribution >= 0.6 is 0 Å². The lowest BCUT2D eigenvalue weighted by Crippen LogP contribution is -2.47. The van der Waals surface area contributed by atoms with Gasteiger partial charge in [-0.1, -0.05) is 18.2 Å². The van der Waals surface area contributed by atoms with Gasteiger partial charge in [0.05, 0.1) is 19.8 Å². The highest BCUT2D eigenvalue weighted by Gasteiger charge is 2.29. The summed E-state index contributed by atoms with van der Waals surface area (Å²) in [6.45, 7) is 0.546. The fraction of sp³-hybridized carbons (Fsp3) is 0.385. The molecular formula is C13H15NO5. The molecule has 0 radical (unpaired) electrons. The summed E-state index contributed by atoms with van der Waals surface area (Å²) >= 11 is 0. The first kappa shape index (κ1) is 13.5. The number of para-hydroxylation sites is 1. The van der Waals surface area contributed by atoms with E-state index >= 15 is 0 Å². The van der Waals surface area contributed by atoms with Crippen LogP contribution < -0.4 is 4.90 Å². The zero-order valence-electron chi connectivity index (χ0n) is 10.3. The Morgan fingerprint density at radius 2 is 2.00 bits per heavy atom. The molecule has 1 aliphatic rings. The number of hydrogen-bond donors (Lipinski definition) is 1. The van der Waals surface area contributed by atoms with Crippen molar-refractivity contribution < 1.29 is 24.2 Å². The number of carbonyl (C=O) groups is 2. The minimum Gasteiger partial charge on any atom is -0.480 e. The number of amides is 1. The fourth-order valence-corrected chi connectivity index (χ4v) is 1.84. The summed E-state index contributed by atoms with van der Waals surface area (Å²) in [4.78, 5) is 24.4. The van der Waals surface area contributed by atoms with Crippen LogP contribution in [0.1, 0.15) is 0 Å². The Labute approximate surface area is 110 Å². The number of aliphatic carboxylic acids is 1. The zero-order valence-corrected chi connectivity index (χ0v) is 10.3. The number of benzene rings is 1. The van der Waals surface area contributed by atoms with E-state index in [0.29, 0.717) is 18.9 Å². The van der Waals surface area contributed by atoms with E-state index in [-0.39, 0.29) is 6.61 Å². The van der Waals surface area contributed by atoms with Gasteiger partial charge in [0.15, 0.2) is 6.10 Å². The second-order valence-electron chi connectivity index (χ2n) is 4.09. The molecule has 1 saturated heterocycles. The maximum Gasteiger partial charge on any atom is 0.323 e. The number of hydrogen-bond acceptors (Lipinski definition) is 4. The number of rotatable bonds is 4. The molecule has 1 N–H and O–H groups in total. The van der Waals surface area contributed by atoms with Gasteiger partial charge in [0.1, 0.15) is 6.54 Å². The van der Waals surface area contributed by atoms with E-state index < -0.39 is 24.5 Å². The SMILES string of the molecule is O=C(O)CN(C(=O)[C@@H]1COCCO1)c1ccccc1. The summed E-state index contributed by atoms with van der Waals surface area (Å²) in [6.07, 6.45) is -0.742. The van der Waals surface area contributed by atoms with Crippen molar-refractivity contribution in [2.45, 2.75) is 6.10 Å². The van der Waals surface area contributed by atoms with Gasteiger partial charge in [0, 0.05) is 5.69 Å². The molecule has 1 heterocycles. The molecule has 1 aliphatic heterocycles. The Hall–Kier alpha value is -1.92. The first-order valence-corrected chi connectivity index (χ1v) is 5.96. The van der Waals surface area contributed by atoms with Gasteiger partial charge in [-0.05, 0) is 12.1 Å². The van der Waals surface area contributed by atoms with Crippen molar-refractivity contribution in [2.24, 2.45) is 0 Å². The Morgan fingerprint density at radius 3 is 2.58 bits per heavy atom. The summed E-state index contributed by atoms with van der Waals surface area (Å²) in [5.41, 5.74) is 0.532. The molecule has 0 aromatic heterocycles. The Morgan fingerprint density at radius 1 is 1.26 bits per heavy atom. The Kier molecular flexibility index (Phi) is 4.48. The predicted octanol–water partition coefficient (Wildman–Crippen LogP) is 0.520. The summed E-state index contributed by atoms with van der Waals surface area (Å²) in [6, 6.07) is 8.66. The Bertz CT molecular complexity index is 442. The van der Waals surface area contributed by atoms with Crippen molar-refractivity contribution in [3.05, 3.63) is 30.3 Å². The number of carbonyl (C=O) groups excluding carboxylic acids is 1. The maximum absolute atomic E-state index is 12.3. The third-order valence-corrected chi connectivity index (χ3v) is 2.72. The fourth-order valence-electron chi connectivity index (χ4n) is 1.84. The van der Waals surface area contributed by atoms with Crippen molar-refractivity contribution in [3.8, 4) is 0 Å². The van der Waals surface area contributed by atoms with Crippen LogP contribution in [0.4, 0.5) is 5.69 Å². The maximum atomic E-state index is 12.3. The van der Waals surface area contributed by atoms with Crippen molar-refractivity contribution >= 4 is 17.6 Å². The molecule has 1 amide bonds. The standard InChI is InChI=1S/C13H15NO5/c15-12(16)8-14(10-4-2-1-3-5-10)13(17)11-9-18-6-7-19-11/h1-5,11H,6-9H2,(H,15,16)/t11-/m0/s1. The third-order valence-electron chi connectivity index (χ3n) is 2.72. The lowest BCUT2D eigenvalue weighted by Gasteiger charge is -2.28. The van der Waals surface area contributed by atoms with Gasteiger partial charge in [0.2, 0.25) is 0 Å². The minimum atomic E-state index is -1.08. The highest BCUT2D eigenvalue weighted by molar-refractivity contribution is 6.00. The van der Waals surface area contributed by atoms with Crippen LogP contribution in [0.15, 0.2) is 30.3 Å². The zero-order chi connectivity index (χ0) is 13.7. The molecule has 0 saturated carbocycles. The van der Waals surface area contributed by atoms with E-state index in [0.717, 1.165) is 0 Å². The molecule has 2 rings (SSSR count). The van der Waals surface area contributed by atoms with Gasteiger partial charge in [-0.25, -0.2) is 0 Å². The molecule has 0 bridgehead atoms. The van der Waals surface area contributed by atoms with E-state index in [1.54, 1.807) is 30.3 Å². The van der Waals surface area contributed by atoms with E-state index in [2.05, 4.69) is 0 Å². The van der Waals surface area contributed by atoms with E-state index in [9.17, 15) is 9.59 Å². The van der Waals surface area contributed by atoms with Crippen molar-refractivity contribution in [1.82, 2.24) is 0 Å². The van der Waals surface area contributed by atoms with Crippen LogP contribution in [0.25, 0.3) is 0 Å². The van der Waals surface area contributed by atoms with E-state index in [1.165, 1.54) is 4.90 Å². The van der Waals surface area contributed by atoms with Gasteiger partial charge < -0.3 is 14.6 Å². The van der Waals surface area contributed by atoms with Crippen molar-refractivity contribution in [1.29, 1.82) is 0 Å². The van der Waals surface area contributed by atoms with Gasteiger partial charge in [-0.2, -0.15) is 0 Å². The second-order valence-corrected chi connectivity index (χ2v) is 4.09. The van der Waals surface area contributed by atoms with E-state index in [4.69, 9.17) is 14.6 Å². The number of nitrogens with zero attached hydrogens (tertiary/aromatic N) is 1. The predicted molar refractivity (Wildman–Crippen MR) is 67.0 cm³/mol. The molecule has 0 aliphatic carbocycles. The highest BCUT2D eigenvalue weighted by atomic mass is 16.6. The molecule has 6 heteroatoms. The summed E-state index contributed by atoms with van der Waals surface area (Å²) in [7, 11) is 0. The highest BCUT2D eigenvalue weighted by Crippen LogP contribution is 2.16. The molecule has 19 heavy (non-hydrogen) atoms. The summed E-state index contributed by atoms with van der Waals surface area (Å²) < 4.78 is 10.5. The molecule has 0 unspecified atom stereocenters. The second kappa shape index (κ2) is 6.31. The lowest BCUT2D eigenvalue weighted by molar-refractivity contribution is -0.147. The van der Waals surface area contributed by atoms with Gasteiger partial charge in [0.25, 0.3) is 5.91 Å². The minimum absolute atomic E-state index is 0.155. The summed E-state index contributed by atoms with van der Waals surface area (Å²) in [5, 5.41) is 8.93. The van der Waals surface area contributed by atoms with Crippen LogP contribution in [0.5, 0.6) is 0 Å². The van der Waals surface area contributed by atoms with Crippen LogP contribution in [0.2, 0.25) is 0 Å². The number of ether oxygens (including phenoxy) is 2. The normalized spacial score (nSPS) is 18.8. The van der Waals surface area contributed by atoms with Gasteiger partial charge in [-0.15, -0.1) is 0 Å².